The Hall–Kier alpha value is -0.120. The molecule has 3 heteroatoms. The molecule has 0 aromatic rings. The van der Waals surface area contributed by atoms with Crippen LogP contribution in [0.5, 0.6) is 0 Å². The molecule has 0 spiro atoms. The smallest absolute Gasteiger partial charge is 0.0693 e. The van der Waals surface area contributed by atoms with Crippen molar-refractivity contribution in [1.82, 2.24) is 5.32 Å². The van der Waals surface area contributed by atoms with E-state index in [2.05, 4.69) is 5.32 Å². The predicted molar refractivity (Wildman–Crippen MR) is 63.8 cm³/mol. The van der Waals surface area contributed by atoms with E-state index in [0.29, 0.717) is 25.4 Å². The van der Waals surface area contributed by atoms with Crippen LogP contribution in [0.2, 0.25) is 0 Å². The third kappa shape index (κ3) is 5.50. The Kier molecular flexibility index (Phi) is 6.41. The van der Waals surface area contributed by atoms with Gasteiger partial charge in [-0.25, -0.2) is 0 Å². The van der Waals surface area contributed by atoms with Gasteiger partial charge in [0.05, 0.1) is 11.7 Å². The molecule has 0 amide bonds. The van der Waals surface area contributed by atoms with Gasteiger partial charge in [-0.2, -0.15) is 0 Å². The van der Waals surface area contributed by atoms with E-state index in [-0.39, 0.29) is 5.92 Å². The summed E-state index contributed by atoms with van der Waals surface area (Å²) in [4.78, 5) is 0. The molecule has 0 aromatic carbocycles. The van der Waals surface area contributed by atoms with Crippen LogP contribution in [0.25, 0.3) is 0 Å². The fourth-order valence-corrected chi connectivity index (χ4v) is 1.64. The van der Waals surface area contributed by atoms with Crippen molar-refractivity contribution in [1.29, 1.82) is 0 Å². The number of rotatable bonds is 7. The van der Waals surface area contributed by atoms with Gasteiger partial charge in [0.2, 0.25) is 0 Å². The average molecular weight is 217 g/mol. The van der Waals surface area contributed by atoms with Crippen molar-refractivity contribution in [3.63, 3.8) is 0 Å². The Morgan fingerprint density at radius 1 is 1.20 bits per heavy atom. The molecule has 0 heterocycles. The fraction of sp³-hybridized carbons (Fsp3) is 1.00. The zero-order chi connectivity index (χ0) is 12.1. The highest BCUT2D eigenvalue weighted by Gasteiger charge is 2.31. The van der Waals surface area contributed by atoms with E-state index in [0.717, 1.165) is 0 Å². The van der Waals surface area contributed by atoms with Gasteiger partial charge in [-0.05, 0) is 12.3 Å². The molecule has 15 heavy (non-hydrogen) atoms. The second-order valence-corrected chi connectivity index (χ2v) is 5.03. The molecule has 0 bridgehead atoms. The summed E-state index contributed by atoms with van der Waals surface area (Å²) < 4.78 is 0. The Bertz CT molecular complexity index is 171. The van der Waals surface area contributed by atoms with Crippen LogP contribution >= 0.6 is 0 Å². The number of aliphatic hydroxyl groups excluding tert-OH is 1. The van der Waals surface area contributed by atoms with Gasteiger partial charge >= 0.3 is 0 Å². The molecule has 3 N–H and O–H groups in total. The van der Waals surface area contributed by atoms with Gasteiger partial charge in [-0.3, -0.25) is 0 Å². The van der Waals surface area contributed by atoms with Crippen molar-refractivity contribution in [2.24, 2.45) is 5.92 Å². The first-order valence-corrected chi connectivity index (χ1v) is 5.95. The molecular weight excluding hydrogens is 190 g/mol. The molecule has 92 valence electrons. The molecule has 3 nitrogen and oxygen atoms in total. The lowest BCUT2D eigenvalue weighted by molar-refractivity contribution is -0.0484. The maximum atomic E-state index is 10.2. The lowest BCUT2D eigenvalue weighted by atomic mass is 9.83. The van der Waals surface area contributed by atoms with Crippen LogP contribution < -0.4 is 5.32 Å². The van der Waals surface area contributed by atoms with E-state index in [1.54, 1.807) is 0 Å². The van der Waals surface area contributed by atoms with Gasteiger partial charge in [0.15, 0.2) is 0 Å². The lowest BCUT2D eigenvalue weighted by Gasteiger charge is -2.33. The maximum absolute atomic E-state index is 10.2. The van der Waals surface area contributed by atoms with Gasteiger partial charge in [0.25, 0.3) is 0 Å². The Labute approximate surface area is 93.9 Å². The van der Waals surface area contributed by atoms with Gasteiger partial charge in [0.1, 0.15) is 0 Å². The molecule has 0 rings (SSSR count). The van der Waals surface area contributed by atoms with Crippen LogP contribution in [-0.4, -0.2) is 34.5 Å². The third-order valence-electron chi connectivity index (χ3n) is 3.04. The van der Waals surface area contributed by atoms with Gasteiger partial charge in [0, 0.05) is 19.0 Å². The largest absolute Gasteiger partial charge is 0.392 e. The SMILES string of the molecule is CCC(O)(CC(O)CNC(C)C)C(C)C. The monoisotopic (exact) mass is 217 g/mol. The summed E-state index contributed by atoms with van der Waals surface area (Å²) in [5.74, 6) is 0.177. The second kappa shape index (κ2) is 6.46. The average Bonchev–Trinajstić information content (AvgIpc) is 2.14. The normalized spacial score (nSPS) is 18.2. The summed E-state index contributed by atoms with van der Waals surface area (Å²) >= 11 is 0. The second-order valence-electron chi connectivity index (χ2n) is 5.03. The van der Waals surface area contributed by atoms with E-state index in [9.17, 15) is 10.2 Å². The number of hydrogen-bond acceptors (Lipinski definition) is 3. The van der Waals surface area contributed by atoms with Gasteiger partial charge in [-0.1, -0.05) is 34.6 Å². The van der Waals surface area contributed by atoms with Crippen LogP contribution in [-0.2, 0) is 0 Å². The first-order chi connectivity index (χ1) is 6.81. The molecule has 2 atom stereocenters. The molecule has 0 aliphatic carbocycles. The first kappa shape index (κ1) is 14.9. The highest BCUT2D eigenvalue weighted by atomic mass is 16.3. The van der Waals surface area contributed by atoms with Crippen molar-refractivity contribution >= 4 is 0 Å². The zero-order valence-corrected chi connectivity index (χ0v) is 10.7. The minimum atomic E-state index is -0.738. The predicted octanol–water partition coefficient (Wildman–Crippen LogP) is 1.53. The van der Waals surface area contributed by atoms with E-state index in [1.165, 1.54) is 0 Å². The number of nitrogens with one attached hydrogen (secondary N) is 1. The summed E-state index contributed by atoms with van der Waals surface area (Å²) in [5.41, 5.74) is -0.738. The van der Waals surface area contributed by atoms with Crippen molar-refractivity contribution in [3.05, 3.63) is 0 Å². The van der Waals surface area contributed by atoms with Crippen molar-refractivity contribution in [3.8, 4) is 0 Å². The summed E-state index contributed by atoms with van der Waals surface area (Å²) in [5, 5.41) is 23.2. The highest BCUT2D eigenvalue weighted by Crippen LogP contribution is 2.26. The molecule has 0 aliphatic rings. The Balaban J connectivity index is 4.07. The molecule has 0 aromatic heterocycles. The van der Waals surface area contributed by atoms with Crippen LogP contribution in [0.3, 0.4) is 0 Å². The fourth-order valence-electron chi connectivity index (χ4n) is 1.64. The van der Waals surface area contributed by atoms with Gasteiger partial charge < -0.3 is 15.5 Å². The van der Waals surface area contributed by atoms with Crippen molar-refractivity contribution in [2.75, 3.05) is 6.54 Å². The number of hydrogen-bond donors (Lipinski definition) is 3. The molecule has 0 fully saturated rings. The molecule has 0 saturated carbocycles. The third-order valence-corrected chi connectivity index (χ3v) is 3.04. The minimum absolute atomic E-state index is 0.177. The Morgan fingerprint density at radius 3 is 2.07 bits per heavy atom. The van der Waals surface area contributed by atoms with Crippen molar-refractivity contribution < 1.29 is 10.2 Å². The van der Waals surface area contributed by atoms with Crippen molar-refractivity contribution in [2.45, 2.75) is 65.2 Å². The summed E-state index contributed by atoms with van der Waals surface area (Å²) in [6, 6.07) is 0.369. The molecule has 0 saturated heterocycles. The van der Waals surface area contributed by atoms with Crippen LogP contribution in [0.4, 0.5) is 0 Å². The summed E-state index contributed by atoms with van der Waals surface area (Å²) in [6.07, 6.45) is 0.657. The standard InChI is InChI=1S/C12H27NO2/c1-6-12(15,9(2)3)7-11(14)8-13-10(4)5/h9-11,13-15H,6-8H2,1-5H3. The first-order valence-electron chi connectivity index (χ1n) is 5.95. The molecular formula is C12H27NO2. The highest BCUT2D eigenvalue weighted by molar-refractivity contribution is 4.84. The van der Waals surface area contributed by atoms with E-state index in [4.69, 9.17) is 0 Å². The molecule has 2 unspecified atom stereocenters. The van der Waals surface area contributed by atoms with Crippen LogP contribution in [0.1, 0.15) is 47.5 Å². The quantitative estimate of drug-likeness (QED) is 0.606. The lowest BCUT2D eigenvalue weighted by Crippen LogP contribution is -2.42. The minimum Gasteiger partial charge on any atom is -0.392 e. The topological polar surface area (TPSA) is 52.5 Å². The van der Waals surface area contributed by atoms with Crippen LogP contribution in [0, 0.1) is 5.92 Å². The maximum Gasteiger partial charge on any atom is 0.0693 e. The molecule has 0 radical (unpaired) electrons. The Morgan fingerprint density at radius 2 is 1.73 bits per heavy atom. The van der Waals surface area contributed by atoms with E-state index in [1.807, 2.05) is 34.6 Å². The summed E-state index contributed by atoms with van der Waals surface area (Å²) in [6.45, 7) is 10.6. The van der Waals surface area contributed by atoms with Gasteiger partial charge in [-0.15, -0.1) is 0 Å². The van der Waals surface area contributed by atoms with E-state index < -0.39 is 11.7 Å². The molecule has 0 aliphatic heterocycles. The van der Waals surface area contributed by atoms with E-state index >= 15 is 0 Å². The summed E-state index contributed by atoms with van der Waals surface area (Å²) in [7, 11) is 0. The zero-order valence-electron chi connectivity index (χ0n) is 10.7. The number of aliphatic hydroxyl groups is 2. The van der Waals surface area contributed by atoms with Crippen LogP contribution in [0.15, 0.2) is 0 Å².